The van der Waals surface area contributed by atoms with E-state index in [1.54, 1.807) is 25.4 Å². The highest BCUT2D eigenvalue weighted by molar-refractivity contribution is 7.99. The van der Waals surface area contributed by atoms with E-state index in [4.69, 9.17) is 4.74 Å². The van der Waals surface area contributed by atoms with Crippen molar-refractivity contribution < 1.29 is 14.3 Å². The number of para-hydroxylation sites is 1. The van der Waals surface area contributed by atoms with Crippen molar-refractivity contribution >= 4 is 29.3 Å². The Bertz CT molecular complexity index is 959. The van der Waals surface area contributed by atoms with Gasteiger partial charge in [0, 0.05) is 23.8 Å². The van der Waals surface area contributed by atoms with Crippen molar-refractivity contribution in [3.05, 3.63) is 84.1 Å². The fourth-order valence-electron chi connectivity index (χ4n) is 2.44. The molecule has 3 rings (SSSR count). The molecule has 5 nitrogen and oxygen atoms in total. The minimum absolute atomic E-state index is 0.309. The highest BCUT2D eigenvalue weighted by Crippen LogP contribution is 2.29. The number of ether oxygens (including phenoxy) is 1. The molecule has 1 amide bonds. The van der Waals surface area contributed by atoms with Crippen LogP contribution in [0, 0.1) is 6.92 Å². The van der Waals surface area contributed by atoms with Crippen LogP contribution in [0.4, 0.5) is 5.69 Å². The summed E-state index contributed by atoms with van der Waals surface area (Å²) in [7, 11) is 1.65. The van der Waals surface area contributed by atoms with Crippen LogP contribution in [-0.4, -0.2) is 30.5 Å². The molecule has 3 aromatic rings. The van der Waals surface area contributed by atoms with E-state index >= 15 is 0 Å². The van der Waals surface area contributed by atoms with Gasteiger partial charge in [0.05, 0.1) is 5.56 Å². The van der Waals surface area contributed by atoms with Crippen LogP contribution in [0.2, 0.25) is 0 Å². The van der Waals surface area contributed by atoms with Crippen LogP contribution in [0.25, 0.3) is 0 Å². The lowest BCUT2D eigenvalue weighted by Crippen LogP contribution is -2.31. The van der Waals surface area contributed by atoms with Crippen LogP contribution in [0.3, 0.4) is 0 Å². The van der Waals surface area contributed by atoms with Crippen molar-refractivity contribution in [2.75, 3.05) is 18.6 Å². The maximum atomic E-state index is 12.5. The second-order valence-electron chi connectivity index (χ2n) is 6.14. The van der Waals surface area contributed by atoms with E-state index in [2.05, 4.69) is 4.98 Å². The number of anilines is 1. The Balaban J connectivity index is 1.66. The molecule has 28 heavy (non-hydrogen) atoms. The van der Waals surface area contributed by atoms with E-state index in [-0.39, 0.29) is 12.5 Å². The molecule has 0 spiro atoms. The number of pyridine rings is 1. The SMILES string of the molecule is Cc1ccc(Sc2ncccc2C(=O)OCC(=O)N(C)c2ccccc2)cc1. The van der Waals surface area contributed by atoms with E-state index in [1.165, 1.54) is 16.7 Å². The molecule has 0 unspecified atom stereocenters. The van der Waals surface area contributed by atoms with Crippen LogP contribution in [0.5, 0.6) is 0 Å². The predicted molar refractivity (Wildman–Crippen MR) is 110 cm³/mol. The Morgan fingerprint density at radius 2 is 1.71 bits per heavy atom. The molecule has 1 aromatic heterocycles. The number of likely N-dealkylation sites (N-methyl/N-ethyl adjacent to an activating group) is 1. The third-order valence-electron chi connectivity index (χ3n) is 4.07. The van der Waals surface area contributed by atoms with Gasteiger partial charge in [0.1, 0.15) is 5.03 Å². The van der Waals surface area contributed by atoms with Gasteiger partial charge >= 0.3 is 5.97 Å². The number of nitrogens with zero attached hydrogens (tertiary/aromatic N) is 2. The van der Waals surface area contributed by atoms with Gasteiger partial charge in [0.2, 0.25) is 0 Å². The first kappa shape index (κ1) is 19.6. The predicted octanol–water partition coefficient (Wildman–Crippen LogP) is 4.36. The largest absolute Gasteiger partial charge is 0.452 e. The van der Waals surface area contributed by atoms with Crippen LogP contribution >= 0.6 is 11.8 Å². The molecule has 0 aliphatic heterocycles. The average Bonchev–Trinajstić information content (AvgIpc) is 2.74. The fourth-order valence-corrected chi connectivity index (χ4v) is 3.31. The van der Waals surface area contributed by atoms with Crippen LogP contribution < -0.4 is 4.90 Å². The summed E-state index contributed by atoms with van der Waals surface area (Å²) in [5, 5.41) is 0.542. The molecule has 0 radical (unpaired) electrons. The summed E-state index contributed by atoms with van der Waals surface area (Å²) in [6.45, 7) is 1.68. The van der Waals surface area contributed by atoms with E-state index in [0.29, 0.717) is 10.6 Å². The molecule has 6 heteroatoms. The normalized spacial score (nSPS) is 10.4. The van der Waals surface area contributed by atoms with Gasteiger partial charge in [0.15, 0.2) is 6.61 Å². The molecule has 0 fully saturated rings. The molecule has 0 bridgehead atoms. The standard InChI is InChI=1S/C22H20N2O3S/c1-16-10-12-18(13-11-16)28-21-19(9-6-14-23-21)22(26)27-15-20(25)24(2)17-7-4-3-5-8-17/h3-14H,15H2,1-2H3. The third kappa shape index (κ3) is 4.98. The lowest BCUT2D eigenvalue weighted by Gasteiger charge is -2.17. The van der Waals surface area contributed by atoms with Gasteiger partial charge in [0.25, 0.3) is 5.91 Å². The van der Waals surface area contributed by atoms with E-state index in [9.17, 15) is 9.59 Å². The van der Waals surface area contributed by atoms with Gasteiger partial charge in [-0.25, -0.2) is 9.78 Å². The lowest BCUT2D eigenvalue weighted by atomic mass is 10.2. The zero-order valence-corrected chi connectivity index (χ0v) is 16.5. The van der Waals surface area contributed by atoms with Crippen molar-refractivity contribution in [2.24, 2.45) is 0 Å². The number of carbonyl (C=O) groups excluding carboxylic acids is 2. The fraction of sp³-hybridized carbons (Fsp3) is 0.136. The maximum absolute atomic E-state index is 12.5. The number of esters is 1. The molecule has 0 saturated carbocycles. The number of benzene rings is 2. The first-order valence-corrected chi connectivity index (χ1v) is 9.54. The summed E-state index contributed by atoms with van der Waals surface area (Å²) >= 11 is 1.38. The Hall–Kier alpha value is -3.12. The van der Waals surface area contributed by atoms with Crippen molar-refractivity contribution in [1.29, 1.82) is 0 Å². The summed E-state index contributed by atoms with van der Waals surface area (Å²) in [4.78, 5) is 31.6. The Kier molecular flexibility index (Phi) is 6.45. The van der Waals surface area contributed by atoms with Crippen molar-refractivity contribution in [1.82, 2.24) is 4.98 Å². The van der Waals surface area contributed by atoms with E-state index in [1.807, 2.05) is 61.5 Å². The summed E-state index contributed by atoms with van der Waals surface area (Å²) in [6.07, 6.45) is 1.63. The highest BCUT2D eigenvalue weighted by atomic mass is 32.2. The van der Waals surface area contributed by atoms with Gasteiger partial charge in [-0.3, -0.25) is 4.79 Å². The van der Waals surface area contributed by atoms with E-state index in [0.717, 1.165) is 16.1 Å². The van der Waals surface area contributed by atoms with E-state index < -0.39 is 5.97 Å². The number of carbonyl (C=O) groups is 2. The van der Waals surface area contributed by atoms with Crippen LogP contribution in [0.15, 0.2) is 82.8 Å². The molecular formula is C22H20N2O3S. The Morgan fingerprint density at radius 1 is 1.00 bits per heavy atom. The number of hydrogen-bond acceptors (Lipinski definition) is 5. The smallest absolute Gasteiger partial charge is 0.341 e. The number of rotatable bonds is 6. The first-order valence-electron chi connectivity index (χ1n) is 8.73. The summed E-state index contributed by atoms with van der Waals surface area (Å²) < 4.78 is 5.25. The first-order chi connectivity index (χ1) is 13.5. The minimum Gasteiger partial charge on any atom is -0.452 e. The summed E-state index contributed by atoms with van der Waals surface area (Å²) in [6, 6.07) is 20.5. The zero-order chi connectivity index (χ0) is 19.9. The minimum atomic E-state index is -0.572. The third-order valence-corrected chi connectivity index (χ3v) is 5.10. The van der Waals surface area contributed by atoms with Crippen molar-refractivity contribution in [3.63, 3.8) is 0 Å². The van der Waals surface area contributed by atoms with Crippen LogP contribution in [-0.2, 0) is 9.53 Å². The summed E-state index contributed by atoms with van der Waals surface area (Å²) in [5.41, 5.74) is 2.23. The second-order valence-corrected chi connectivity index (χ2v) is 7.20. The molecule has 0 atom stereocenters. The lowest BCUT2D eigenvalue weighted by molar-refractivity contribution is -0.121. The quantitative estimate of drug-likeness (QED) is 0.583. The molecule has 142 valence electrons. The monoisotopic (exact) mass is 392 g/mol. The topological polar surface area (TPSA) is 59.5 Å². The number of amides is 1. The summed E-state index contributed by atoms with van der Waals surface area (Å²) in [5.74, 6) is -0.881. The second kappa shape index (κ2) is 9.19. The number of aryl methyl sites for hydroxylation is 1. The molecule has 2 aromatic carbocycles. The van der Waals surface area contributed by atoms with Gasteiger partial charge in [-0.1, -0.05) is 47.7 Å². The molecule has 0 saturated heterocycles. The molecule has 1 heterocycles. The van der Waals surface area contributed by atoms with Crippen molar-refractivity contribution in [3.8, 4) is 0 Å². The van der Waals surface area contributed by atoms with Crippen molar-refractivity contribution in [2.45, 2.75) is 16.8 Å². The number of hydrogen-bond donors (Lipinski definition) is 0. The molecule has 0 aliphatic carbocycles. The van der Waals surface area contributed by atoms with Crippen LogP contribution in [0.1, 0.15) is 15.9 Å². The highest BCUT2D eigenvalue weighted by Gasteiger charge is 2.18. The van der Waals surface area contributed by atoms with Gasteiger partial charge in [-0.05, 0) is 43.3 Å². The zero-order valence-electron chi connectivity index (χ0n) is 15.7. The molecule has 0 aliphatic rings. The Morgan fingerprint density at radius 3 is 2.43 bits per heavy atom. The van der Waals surface area contributed by atoms with Gasteiger partial charge in [-0.15, -0.1) is 0 Å². The average molecular weight is 392 g/mol. The number of aromatic nitrogens is 1. The molecular weight excluding hydrogens is 372 g/mol. The maximum Gasteiger partial charge on any atom is 0.341 e. The van der Waals surface area contributed by atoms with Gasteiger partial charge < -0.3 is 9.64 Å². The Labute approximate surface area is 168 Å². The van der Waals surface area contributed by atoms with Gasteiger partial charge in [-0.2, -0.15) is 0 Å². The molecule has 0 N–H and O–H groups in total.